The molecule has 0 aliphatic carbocycles. The van der Waals surface area contributed by atoms with E-state index in [1.54, 1.807) is 6.07 Å². The minimum atomic E-state index is -3.52. The Morgan fingerprint density at radius 1 is 1.14 bits per heavy atom. The van der Waals surface area contributed by atoms with Gasteiger partial charge in [-0.05, 0) is 49.6 Å². The normalized spacial score (nSPS) is 11.6. The zero-order chi connectivity index (χ0) is 16.3. The summed E-state index contributed by atoms with van der Waals surface area (Å²) in [5, 5.41) is 0. The monoisotopic (exact) mass is 359 g/mol. The molecule has 4 nitrogen and oxygen atoms in total. The van der Waals surface area contributed by atoms with Gasteiger partial charge in [0, 0.05) is 6.54 Å². The molecule has 0 atom stereocenters. The third-order valence-corrected chi connectivity index (χ3v) is 6.51. The molecule has 1 aromatic carbocycles. The van der Waals surface area contributed by atoms with Crippen molar-refractivity contribution in [1.82, 2.24) is 4.72 Å². The van der Waals surface area contributed by atoms with Crippen LogP contribution >= 0.6 is 22.9 Å². The lowest BCUT2D eigenvalue weighted by molar-refractivity contribution is 0.318. The SMILES string of the molecule is Cc1ccc(C)c(OCCNS(=O)(=O)c2ccc(Cl)s2)c1C. The zero-order valence-corrected chi connectivity index (χ0v) is 15.0. The highest BCUT2D eigenvalue weighted by Crippen LogP contribution is 2.26. The van der Waals surface area contributed by atoms with Gasteiger partial charge in [-0.15, -0.1) is 11.3 Å². The van der Waals surface area contributed by atoms with Crippen LogP contribution in [0.4, 0.5) is 0 Å². The lowest BCUT2D eigenvalue weighted by Crippen LogP contribution is -2.27. The highest BCUT2D eigenvalue weighted by atomic mass is 35.5. The van der Waals surface area contributed by atoms with Crippen LogP contribution in [0, 0.1) is 20.8 Å². The van der Waals surface area contributed by atoms with Crippen LogP contribution in [0.1, 0.15) is 16.7 Å². The van der Waals surface area contributed by atoms with Crippen molar-refractivity contribution < 1.29 is 13.2 Å². The summed E-state index contributed by atoms with van der Waals surface area (Å²) in [6, 6.07) is 7.10. The van der Waals surface area contributed by atoms with Gasteiger partial charge >= 0.3 is 0 Å². The van der Waals surface area contributed by atoms with Gasteiger partial charge in [0.15, 0.2) is 0 Å². The second kappa shape index (κ2) is 7.00. The summed E-state index contributed by atoms with van der Waals surface area (Å²) in [6.07, 6.45) is 0. The van der Waals surface area contributed by atoms with Crippen LogP contribution in [0.15, 0.2) is 28.5 Å². The summed E-state index contributed by atoms with van der Waals surface area (Å²) in [5.41, 5.74) is 3.26. The third kappa shape index (κ3) is 4.01. The van der Waals surface area contributed by atoms with Gasteiger partial charge in [0.2, 0.25) is 10.0 Å². The standard InChI is InChI=1S/C15H18ClNO3S2/c1-10-4-5-11(2)15(12(10)3)20-9-8-17-22(18,19)14-7-6-13(16)21-14/h4-7,17H,8-9H2,1-3H3. The molecule has 0 aliphatic rings. The maximum atomic E-state index is 12.0. The molecule has 1 N–H and O–H groups in total. The van der Waals surface area contributed by atoms with Gasteiger partial charge in [0.25, 0.3) is 0 Å². The number of benzene rings is 1. The Hall–Kier alpha value is -1.08. The average Bonchev–Trinajstić information content (AvgIpc) is 2.90. The minimum absolute atomic E-state index is 0.199. The van der Waals surface area contributed by atoms with Crippen molar-refractivity contribution in [3.05, 3.63) is 45.3 Å². The van der Waals surface area contributed by atoms with Crippen molar-refractivity contribution in [2.45, 2.75) is 25.0 Å². The second-order valence-electron chi connectivity index (χ2n) is 4.96. The Morgan fingerprint density at radius 3 is 2.45 bits per heavy atom. The van der Waals surface area contributed by atoms with E-state index in [-0.39, 0.29) is 17.4 Å². The lowest BCUT2D eigenvalue weighted by Gasteiger charge is -2.14. The minimum Gasteiger partial charge on any atom is -0.492 e. The highest BCUT2D eigenvalue weighted by Gasteiger charge is 2.16. The average molecular weight is 360 g/mol. The molecule has 0 radical (unpaired) electrons. The zero-order valence-electron chi connectivity index (χ0n) is 12.6. The molecule has 0 saturated heterocycles. The summed E-state index contributed by atoms with van der Waals surface area (Å²) in [7, 11) is -3.52. The van der Waals surface area contributed by atoms with Crippen LogP contribution in [-0.2, 0) is 10.0 Å². The summed E-state index contributed by atoms with van der Waals surface area (Å²) in [5.74, 6) is 0.818. The fourth-order valence-electron chi connectivity index (χ4n) is 1.99. The number of rotatable bonds is 6. The van der Waals surface area contributed by atoms with Crippen LogP contribution < -0.4 is 9.46 Å². The Morgan fingerprint density at radius 2 is 1.82 bits per heavy atom. The van der Waals surface area contributed by atoms with Gasteiger partial charge in [0.1, 0.15) is 16.6 Å². The van der Waals surface area contributed by atoms with Crippen LogP contribution in [0.25, 0.3) is 0 Å². The maximum Gasteiger partial charge on any atom is 0.250 e. The molecule has 0 amide bonds. The second-order valence-corrected chi connectivity index (χ2v) is 8.67. The largest absolute Gasteiger partial charge is 0.492 e. The van der Waals surface area contributed by atoms with Crippen molar-refractivity contribution in [1.29, 1.82) is 0 Å². The Labute approximate surface area is 140 Å². The van der Waals surface area contributed by atoms with E-state index in [0.29, 0.717) is 4.34 Å². The number of ether oxygens (including phenoxy) is 1. The first-order valence-corrected chi connectivity index (χ1v) is 9.43. The fourth-order valence-corrected chi connectivity index (χ4v) is 4.53. The Balaban J connectivity index is 1.94. The predicted octanol–water partition coefficient (Wildman–Crippen LogP) is 3.68. The van der Waals surface area contributed by atoms with E-state index < -0.39 is 10.0 Å². The molecule has 0 saturated carbocycles. The van der Waals surface area contributed by atoms with E-state index in [1.165, 1.54) is 6.07 Å². The number of nitrogens with one attached hydrogen (secondary N) is 1. The van der Waals surface area contributed by atoms with Gasteiger partial charge in [-0.3, -0.25) is 0 Å². The first-order valence-electron chi connectivity index (χ1n) is 6.76. The van der Waals surface area contributed by atoms with Crippen molar-refractivity contribution >= 4 is 33.0 Å². The summed E-state index contributed by atoms with van der Waals surface area (Å²) in [4.78, 5) is 0. The number of hydrogen-bond donors (Lipinski definition) is 1. The molecule has 120 valence electrons. The molecule has 0 fully saturated rings. The lowest BCUT2D eigenvalue weighted by atomic mass is 10.1. The molecule has 0 bridgehead atoms. The fraction of sp³-hybridized carbons (Fsp3) is 0.333. The van der Waals surface area contributed by atoms with E-state index >= 15 is 0 Å². The molecule has 2 aromatic rings. The van der Waals surface area contributed by atoms with Crippen molar-refractivity contribution in [2.75, 3.05) is 13.2 Å². The van der Waals surface area contributed by atoms with E-state index in [9.17, 15) is 8.42 Å². The summed E-state index contributed by atoms with van der Waals surface area (Å²) < 4.78 is 33.0. The first kappa shape index (κ1) is 17.3. The van der Waals surface area contributed by atoms with Crippen molar-refractivity contribution in [3.8, 4) is 5.75 Å². The molecule has 2 rings (SSSR count). The number of thiophene rings is 1. The molecule has 0 aliphatic heterocycles. The van der Waals surface area contributed by atoms with E-state index in [2.05, 4.69) is 4.72 Å². The molecule has 1 heterocycles. The Kier molecular flexibility index (Phi) is 5.50. The molecular weight excluding hydrogens is 342 g/mol. The maximum absolute atomic E-state index is 12.0. The van der Waals surface area contributed by atoms with E-state index in [4.69, 9.17) is 16.3 Å². The van der Waals surface area contributed by atoms with Crippen LogP contribution in [-0.4, -0.2) is 21.6 Å². The Bertz CT molecular complexity index is 769. The van der Waals surface area contributed by atoms with Gasteiger partial charge in [-0.25, -0.2) is 13.1 Å². The van der Waals surface area contributed by atoms with Gasteiger partial charge in [0.05, 0.1) is 4.34 Å². The molecular formula is C15H18ClNO3S2. The number of aryl methyl sites for hydroxylation is 2. The van der Waals surface area contributed by atoms with Crippen LogP contribution in [0.5, 0.6) is 5.75 Å². The topological polar surface area (TPSA) is 55.4 Å². The smallest absolute Gasteiger partial charge is 0.250 e. The van der Waals surface area contributed by atoms with Crippen LogP contribution in [0.3, 0.4) is 0 Å². The van der Waals surface area contributed by atoms with Crippen molar-refractivity contribution in [2.24, 2.45) is 0 Å². The number of sulfonamides is 1. The van der Waals surface area contributed by atoms with Gasteiger partial charge in [-0.2, -0.15) is 0 Å². The molecule has 1 aromatic heterocycles. The quantitative estimate of drug-likeness (QED) is 0.800. The van der Waals surface area contributed by atoms with Crippen molar-refractivity contribution in [3.63, 3.8) is 0 Å². The summed E-state index contributed by atoms with van der Waals surface area (Å²) >= 11 is 6.79. The van der Waals surface area contributed by atoms with Crippen LogP contribution in [0.2, 0.25) is 4.34 Å². The first-order chi connectivity index (χ1) is 10.3. The number of halogens is 1. The number of hydrogen-bond acceptors (Lipinski definition) is 4. The van der Waals surface area contributed by atoms with E-state index in [1.807, 2.05) is 32.9 Å². The molecule has 0 spiro atoms. The molecule has 7 heteroatoms. The van der Waals surface area contributed by atoms with Gasteiger partial charge in [-0.1, -0.05) is 23.7 Å². The van der Waals surface area contributed by atoms with E-state index in [0.717, 1.165) is 33.8 Å². The van der Waals surface area contributed by atoms with Gasteiger partial charge < -0.3 is 4.74 Å². The summed E-state index contributed by atoms with van der Waals surface area (Å²) in [6.45, 7) is 6.45. The third-order valence-electron chi connectivity index (χ3n) is 3.33. The predicted molar refractivity (Wildman–Crippen MR) is 90.7 cm³/mol. The molecule has 22 heavy (non-hydrogen) atoms. The highest BCUT2D eigenvalue weighted by molar-refractivity contribution is 7.91. The molecule has 0 unspecified atom stereocenters.